The smallest absolute Gasteiger partial charge is 0.262 e. The van der Waals surface area contributed by atoms with Gasteiger partial charge in [0.25, 0.3) is 11.8 Å². The van der Waals surface area contributed by atoms with Crippen LogP contribution in [0.4, 0.5) is 0 Å². The lowest BCUT2D eigenvalue weighted by Crippen LogP contribution is -2.47. The van der Waals surface area contributed by atoms with Crippen LogP contribution in [0.3, 0.4) is 0 Å². The van der Waals surface area contributed by atoms with Crippen molar-refractivity contribution in [3.8, 4) is 17.2 Å². The summed E-state index contributed by atoms with van der Waals surface area (Å²) in [4.78, 5) is 25.6. The Bertz CT molecular complexity index is 1330. The Hall–Kier alpha value is -4.33. The van der Waals surface area contributed by atoms with Crippen LogP contribution in [-0.4, -0.2) is 37.3 Å². The van der Waals surface area contributed by atoms with E-state index in [-0.39, 0.29) is 18.4 Å². The van der Waals surface area contributed by atoms with Crippen LogP contribution < -0.4 is 25.0 Å². The van der Waals surface area contributed by atoms with E-state index in [0.29, 0.717) is 36.9 Å². The summed E-state index contributed by atoms with van der Waals surface area (Å²) in [5.74, 6) is 1.28. The lowest BCUT2D eigenvalue weighted by Gasteiger charge is -2.19. The van der Waals surface area contributed by atoms with Crippen LogP contribution in [0.5, 0.6) is 17.2 Å². The van der Waals surface area contributed by atoms with E-state index in [9.17, 15) is 9.59 Å². The molecule has 3 rings (SSSR count). The van der Waals surface area contributed by atoms with E-state index in [2.05, 4.69) is 21.9 Å². The second-order valence-electron chi connectivity index (χ2n) is 10.4. The van der Waals surface area contributed by atoms with Gasteiger partial charge in [-0.3, -0.25) is 9.59 Å². The van der Waals surface area contributed by atoms with Crippen molar-refractivity contribution in [2.75, 3.05) is 13.2 Å². The molecular weight excluding hydrogens is 518 g/mol. The lowest BCUT2D eigenvalue weighted by atomic mass is 10.0. The maximum atomic E-state index is 12.9. The third-order valence-electron chi connectivity index (χ3n) is 6.25. The fourth-order valence-electron chi connectivity index (χ4n) is 4.31. The molecule has 3 aromatic rings. The van der Waals surface area contributed by atoms with Gasteiger partial charge in [-0.25, -0.2) is 5.43 Å². The Balaban J connectivity index is 1.60. The summed E-state index contributed by atoms with van der Waals surface area (Å²) in [7, 11) is 0. The van der Waals surface area contributed by atoms with Gasteiger partial charge in [0.2, 0.25) is 0 Å². The summed E-state index contributed by atoms with van der Waals surface area (Å²) in [6, 6.07) is 18.7. The van der Waals surface area contributed by atoms with E-state index in [1.165, 1.54) is 11.8 Å². The summed E-state index contributed by atoms with van der Waals surface area (Å²) < 4.78 is 17.5. The number of nitrogens with zero attached hydrogens (tertiary/aromatic N) is 1. The molecule has 0 fully saturated rings. The maximum Gasteiger partial charge on any atom is 0.262 e. The zero-order valence-corrected chi connectivity index (χ0v) is 24.8. The van der Waals surface area contributed by atoms with Gasteiger partial charge in [-0.05, 0) is 80.5 Å². The number of amides is 2. The standard InChI is InChI=1S/C33H41N3O5/c1-7-39-30-18-26(14-15-29(30)40-20-27-13-8-10-23(4)17-27)19-34-36-33(38)28(16-22(2)3)35-31(37)21-41-32-24(5)11-9-12-25(32)6/h8-15,17-19,22,28H,7,16,20-21H2,1-6H3,(H,35,37)(H,36,38)/b34-19-/t28-/m0/s1. The molecule has 0 unspecified atom stereocenters. The largest absolute Gasteiger partial charge is 0.490 e. The lowest BCUT2D eigenvalue weighted by molar-refractivity contribution is -0.130. The number of hydrogen-bond donors (Lipinski definition) is 2. The molecule has 8 nitrogen and oxygen atoms in total. The van der Waals surface area contributed by atoms with E-state index in [1.54, 1.807) is 0 Å². The van der Waals surface area contributed by atoms with Crippen molar-refractivity contribution < 1.29 is 23.8 Å². The van der Waals surface area contributed by atoms with Gasteiger partial charge in [0.1, 0.15) is 18.4 Å². The number of aryl methyl sites for hydroxylation is 3. The molecule has 0 aromatic heterocycles. The normalized spacial score (nSPS) is 11.8. The Morgan fingerprint density at radius 1 is 0.902 bits per heavy atom. The minimum absolute atomic E-state index is 0.177. The highest BCUT2D eigenvalue weighted by atomic mass is 16.5. The second kappa shape index (κ2) is 15.5. The van der Waals surface area contributed by atoms with Crippen molar-refractivity contribution in [1.82, 2.24) is 10.7 Å². The summed E-state index contributed by atoms with van der Waals surface area (Å²) in [5, 5.41) is 6.91. The second-order valence-corrected chi connectivity index (χ2v) is 10.4. The highest BCUT2D eigenvalue weighted by molar-refractivity contribution is 5.89. The van der Waals surface area contributed by atoms with Crippen LogP contribution >= 0.6 is 0 Å². The van der Waals surface area contributed by atoms with Gasteiger partial charge >= 0.3 is 0 Å². The molecule has 0 radical (unpaired) electrons. The van der Waals surface area contributed by atoms with Crippen LogP contribution in [0.2, 0.25) is 0 Å². The molecule has 0 aliphatic heterocycles. The number of carbonyl (C=O) groups is 2. The Kier molecular flexibility index (Phi) is 11.8. The first-order valence-electron chi connectivity index (χ1n) is 13.9. The summed E-state index contributed by atoms with van der Waals surface area (Å²) in [6.45, 7) is 12.5. The molecule has 0 aliphatic rings. The molecule has 0 bridgehead atoms. The highest BCUT2D eigenvalue weighted by Gasteiger charge is 2.22. The summed E-state index contributed by atoms with van der Waals surface area (Å²) >= 11 is 0. The summed E-state index contributed by atoms with van der Waals surface area (Å²) in [5.41, 5.74) is 7.41. The Morgan fingerprint density at radius 2 is 1.63 bits per heavy atom. The van der Waals surface area contributed by atoms with Crippen LogP contribution in [0.15, 0.2) is 65.8 Å². The molecule has 8 heteroatoms. The number of carbonyl (C=O) groups excluding carboxylic acids is 2. The van der Waals surface area contributed by atoms with Gasteiger partial charge in [-0.1, -0.05) is 61.9 Å². The molecule has 41 heavy (non-hydrogen) atoms. The minimum Gasteiger partial charge on any atom is -0.490 e. The zero-order valence-electron chi connectivity index (χ0n) is 24.8. The third-order valence-corrected chi connectivity index (χ3v) is 6.25. The number of nitrogens with one attached hydrogen (secondary N) is 2. The molecule has 0 aliphatic carbocycles. The predicted molar refractivity (Wildman–Crippen MR) is 162 cm³/mol. The number of ether oxygens (including phenoxy) is 3. The van der Waals surface area contributed by atoms with Crippen LogP contribution in [0.1, 0.15) is 55.0 Å². The van der Waals surface area contributed by atoms with Gasteiger partial charge in [0.05, 0.1) is 12.8 Å². The quantitative estimate of drug-likeness (QED) is 0.197. The van der Waals surface area contributed by atoms with Crippen molar-refractivity contribution in [3.63, 3.8) is 0 Å². The molecule has 0 heterocycles. The molecule has 2 amide bonds. The molecule has 0 saturated heterocycles. The average molecular weight is 560 g/mol. The van der Waals surface area contributed by atoms with Crippen molar-refractivity contribution in [2.24, 2.45) is 11.0 Å². The van der Waals surface area contributed by atoms with Gasteiger partial charge < -0.3 is 19.5 Å². The fourth-order valence-corrected chi connectivity index (χ4v) is 4.31. The number of hydrazone groups is 1. The van der Waals surface area contributed by atoms with Gasteiger partial charge in [-0.2, -0.15) is 5.10 Å². The molecule has 2 N–H and O–H groups in total. The van der Waals surface area contributed by atoms with Crippen molar-refractivity contribution in [1.29, 1.82) is 0 Å². The molecule has 3 aromatic carbocycles. The SMILES string of the molecule is CCOc1cc(/C=N\NC(=O)[C@H](CC(C)C)NC(=O)COc2c(C)cccc2C)ccc1OCc1cccc(C)c1. The molecule has 0 saturated carbocycles. The zero-order chi connectivity index (χ0) is 29.8. The first kappa shape index (κ1) is 31.2. The van der Waals surface area contributed by atoms with Crippen LogP contribution in [-0.2, 0) is 16.2 Å². The molecule has 1 atom stereocenters. The maximum absolute atomic E-state index is 12.9. The number of para-hydroxylation sites is 1. The number of hydrogen-bond acceptors (Lipinski definition) is 6. The molecule has 0 spiro atoms. The Morgan fingerprint density at radius 3 is 2.32 bits per heavy atom. The van der Waals surface area contributed by atoms with Crippen molar-refractivity contribution in [3.05, 3.63) is 88.5 Å². The van der Waals surface area contributed by atoms with E-state index in [1.807, 2.05) is 96.1 Å². The number of benzene rings is 3. The van der Waals surface area contributed by atoms with Crippen molar-refractivity contribution >= 4 is 18.0 Å². The predicted octanol–water partition coefficient (Wildman–Crippen LogP) is 5.65. The van der Waals surface area contributed by atoms with Gasteiger partial charge in [0, 0.05) is 0 Å². The average Bonchev–Trinajstić information content (AvgIpc) is 2.92. The number of rotatable bonds is 14. The van der Waals surface area contributed by atoms with Crippen LogP contribution in [0.25, 0.3) is 0 Å². The van der Waals surface area contributed by atoms with E-state index >= 15 is 0 Å². The van der Waals surface area contributed by atoms with Gasteiger partial charge in [0.15, 0.2) is 18.1 Å². The molecular formula is C33H41N3O5. The summed E-state index contributed by atoms with van der Waals surface area (Å²) in [6.07, 6.45) is 1.99. The third kappa shape index (κ3) is 9.98. The monoisotopic (exact) mass is 559 g/mol. The van der Waals surface area contributed by atoms with E-state index in [4.69, 9.17) is 14.2 Å². The molecule has 218 valence electrons. The van der Waals surface area contributed by atoms with Gasteiger partial charge in [-0.15, -0.1) is 0 Å². The van der Waals surface area contributed by atoms with Crippen molar-refractivity contribution in [2.45, 2.75) is 60.6 Å². The topological polar surface area (TPSA) is 98.2 Å². The van der Waals surface area contributed by atoms with E-state index < -0.39 is 11.9 Å². The van der Waals surface area contributed by atoms with Crippen LogP contribution in [0, 0.1) is 26.7 Å². The Labute approximate surface area is 243 Å². The van der Waals surface area contributed by atoms with E-state index in [0.717, 1.165) is 22.3 Å². The highest BCUT2D eigenvalue weighted by Crippen LogP contribution is 2.29. The first-order valence-corrected chi connectivity index (χ1v) is 13.9. The minimum atomic E-state index is -0.752. The fraction of sp³-hybridized carbons (Fsp3) is 0.364. The first-order chi connectivity index (χ1) is 19.7.